The molecule has 9 atom stereocenters. The zero-order valence-electron chi connectivity index (χ0n) is 23.0. The molecule has 0 saturated carbocycles. The number of Topliss-reactive ketones (excluding diaryl/α,β-unsaturated/α-hetero) is 1. The summed E-state index contributed by atoms with van der Waals surface area (Å²) in [7, 11) is 1.66. The van der Waals surface area contributed by atoms with Gasteiger partial charge in [0, 0.05) is 30.9 Å². The molecule has 37 heavy (non-hydrogen) atoms. The summed E-state index contributed by atoms with van der Waals surface area (Å²) in [5.41, 5.74) is 1.74. The first-order valence-corrected chi connectivity index (χ1v) is 13.2. The molecule has 0 unspecified atom stereocenters. The van der Waals surface area contributed by atoms with Gasteiger partial charge in [-0.25, -0.2) is 4.79 Å². The summed E-state index contributed by atoms with van der Waals surface area (Å²) in [6.45, 7) is 11.0. The summed E-state index contributed by atoms with van der Waals surface area (Å²) in [4.78, 5) is 25.9. The van der Waals surface area contributed by atoms with Crippen molar-refractivity contribution in [3.05, 3.63) is 59.3 Å². The Morgan fingerprint density at radius 3 is 2.32 bits per heavy atom. The zero-order chi connectivity index (χ0) is 27.3. The molecular formula is C30H42O7. The van der Waals surface area contributed by atoms with Crippen molar-refractivity contribution in [1.29, 1.82) is 0 Å². The first kappa shape index (κ1) is 29.2. The Bertz CT molecular complexity index is 988. The van der Waals surface area contributed by atoms with Crippen molar-refractivity contribution in [2.45, 2.75) is 97.1 Å². The molecule has 0 amide bonds. The van der Waals surface area contributed by atoms with E-state index in [2.05, 4.69) is 0 Å². The van der Waals surface area contributed by atoms with E-state index in [1.54, 1.807) is 46.1 Å². The maximum atomic E-state index is 13.1. The predicted octanol–water partition coefficient (Wildman–Crippen LogP) is 4.42. The van der Waals surface area contributed by atoms with Crippen LogP contribution in [0.3, 0.4) is 0 Å². The molecule has 7 heteroatoms. The summed E-state index contributed by atoms with van der Waals surface area (Å²) >= 11 is 0. The van der Waals surface area contributed by atoms with Gasteiger partial charge in [0.25, 0.3) is 0 Å². The van der Waals surface area contributed by atoms with Crippen LogP contribution >= 0.6 is 0 Å². The fraction of sp³-hybridized carbons (Fsp3) is 0.600. The Kier molecular flexibility index (Phi) is 10.2. The van der Waals surface area contributed by atoms with E-state index < -0.39 is 24.1 Å². The topological polar surface area (TPSA) is 94.6 Å². The molecule has 0 aromatic rings. The molecule has 7 nitrogen and oxygen atoms in total. The first-order chi connectivity index (χ1) is 17.5. The van der Waals surface area contributed by atoms with Gasteiger partial charge in [-0.15, -0.1) is 0 Å². The Morgan fingerprint density at radius 1 is 1.00 bits per heavy atom. The Hall–Kier alpha value is -2.32. The van der Waals surface area contributed by atoms with Crippen molar-refractivity contribution in [3.63, 3.8) is 0 Å². The first-order valence-electron chi connectivity index (χ1n) is 13.2. The number of esters is 1. The third-order valence-electron chi connectivity index (χ3n) is 7.48. The van der Waals surface area contributed by atoms with E-state index in [0.29, 0.717) is 24.0 Å². The number of carbonyl (C=O) groups is 2. The van der Waals surface area contributed by atoms with Crippen LogP contribution in [0.25, 0.3) is 0 Å². The fourth-order valence-corrected chi connectivity index (χ4v) is 4.73. The number of ketones is 1. The lowest BCUT2D eigenvalue weighted by atomic mass is 9.93. The van der Waals surface area contributed by atoms with Gasteiger partial charge in [0.1, 0.15) is 18.3 Å². The van der Waals surface area contributed by atoms with E-state index in [1.807, 2.05) is 45.1 Å². The smallest absolute Gasteiger partial charge is 0.334 e. The minimum Gasteiger partial charge on any atom is -0.454 e. The number of carbonyl (C=O) groups excluding carboxylic acids is 2. The van der Waals surface area contributed by atoms with Crippen LogP contribution in [0, 0.1) is 11.8 Å². The minimum absolute atomic E-state index is 0.0107. The van der Waals surface area contributed by atoms with Crippen LogP contribution < -0.4 is 0 Å². The molecule has 0 aromatic carbocycles. The molecule has 3 aliphatic heterocycles. The number of hydrogen-bond donors (Lipinski definition) is 1. The van der Waals surface area contributed by atoms with Crippen molar-refractivity contribution < 1.29 is 33.6 Å². The van der Waals surface area contributed by atoms with Crippen LogP contribution in [-0.4, -0.2) is 66.7 Å². The van der Waals surface area contributed by atoms with Crippen LogP contribution in [0.1, 0.15) is 54.4 Å². The third kappa shape index (κ3) is 7.84. The molecule has 0 aromatic heterocycles. The number of hydrogen-bond acceptors (Lipinski definition) is 7. The Morgan fingerprint density at radius 2 is 1.68 bits per heavy atom. The Labute approximate surface area is 220 Å². The lowest BCUT2D eigenvalue weighted by Crippen LogP contribution is -2.33. The largest absolute Gasteiger partial charge is 0.454 e. The average Bonchev–Trinajstić information content (AvgIpc) is 3.42. The van der Waals surface area contributed by atoms with Crippen LogP contribution in [0.2, 0.25) is 0 Å². The average molecular weight is 515 g/mol. The molecule has 3 heterocycles. The molecular weight excluding hydrogens is 472 g/mol. The second-order valence-electron chi connectivity index (χ2n) is 10.5. The standard InChI is InChI=1S/C30H42O7/c1-17-10-8-9-11-23(31)18(2)15-28-27(34-7)16-26(36-28)21(5)24(12-13-25-22(6)35-25)37-30(33)20(4)14-19(3)29(17)32/h8-10,12-15,19,21-28,31H,11,16H2,1-7H3/b9-8-,13-12+,17-10-,18-15-,20-14-/t19-,21-,22+,23+,24+,25+,26+,27-,28+/m0/s1. The minimum atomic E-state index is -0.679. The van der Waals surface area contributed by atoms with Gasteiger partial charge in [-0.2, -0.15) is 0 Å². The van der Waals surface area contributed by atoms with Crippen LogP contribution in [0.15, 0.2) is 59.3 Å². The molecule has 0 aliphatic carbocycles. The van der Waals surface area contributed by atoms with Crippen molar-refractivity contribution in [2.24, 2.45) is 11.8 Å². The number of ether oxygens (including phenoxy) is 4. The highest BCUT2D eigenvalue weighted by atomic mass is 16.6. The van der Waals surface area contributed by atoms with Crippen LogP contribution in [-0.2, 0) is 28.5 Å². The molecule has 3 rings (SSSR count). The third-order valence-corrected chi connectivity index (χ3v) is 7.48. The highest BCUT2D eigenvalue weighted by molar-refractivity contribution is 5.99. The van der Waals surface area contributed by atoms with Crippen molar-refractivity contribution in [1.82, 2.24) is 0 Å². The predicted molar refractivity (Wildman–Crippen MR) is 142 cm³/mol. The monoisotopic (exact) mass is 514 g/mol. The van der Waals surface area contributed by atoms with Gasteiger partial charge < -0.3 is 24.1 Å². The van der Waals surface area contributed by atoms with E-state index in [0.717, 1.165) is 5.57 Å². The Balaban J connectivity index is 1.94. The maximum Gasteiger partial charge on any atom is 0.334 e. The van der Waals surface area contributed by atoms with Gasteiger partial charge in [0.05, 0.1) is 24.4 Å². The second kappa shape index (κ2) is 13.0. The number of rotatable bonds is 3. The molecule has 2 bridgehead atoms. The quantitative estimate of drug-likeness (QED) is 0.339. The summed E-state index contributed by atoms with van der Waals surface area (Å²) in [5.74, 6) is -1.20. The van der Waals surface area contributed by atoms with Gasteiger partial charge in [0.15, 0.2) is 5.78 Å². The van der Waals surface area contributed by atoms with E-state index in [4.69, 9.17) is 18.9 Å². The number of methoxy groups -OCH3 is 1. The van der Waals surface area contributed by atoms with E-state index in [-0.39, 0.29) is 42.2 Å². The second-order valence-corrected chi connectivity index (χ2v) is 10.5. The molecule has 204 valence electrons. The van der Waals surface area contributed by atoms with Crippen LogP contribution in [0.5, 0.6) is 0 Å². The van der Waals surface area contributed by atoms with E-state index >= 15 is 0 Å². The number of cyclic esters (lactones) is 1. The van der Waals surface area contributed by atoms with E-state index in [1.165, 1.54) is 0 Å². The summed E-state index contributed by atoms with van der Waals surface area (Å²) < 4.78 is 23.6. The number of allylic oxidation sites excluding steroid dienone is 4. The molecule has 2 saturated heterocycles. The zero-order valence-corrected chi connectivity index (χ0v) is 23.0. The molecule has 3 aliphatic rings. The summed E-state index contributed by atoms with van der Waals surface area (Å²) in [5, 5.41) is 10.7. The SMILES string of the molecule is CO[C@H]1C[C@H]2O[C@@H]1/C=C(/C)[C@H](O)C/C=C\C=C(\C)C(=O)[C@@H](C)/C=C(/C)C(=O)O[C@H](/C=C/[C@H]1O[C@@H]1C)[C@@H]2C. The van der Waals surface area contributed by atoms with Gasteiger partial charge in [-0.1, -0.05) is 50.3 Å². The number of aliphatic hydroxyl groups is 1. The molecule has 0 radical (unpaired) electrons. The summed E-state index contributed by atoms with van der Waals surface area (Å²) in [6, 6.07) is 0. The normalized spacial score (nSPS) is 43.4. The number of aliphatic hydroxyl groups excluding tert-OH is 1. The molecule has 2 fully saturated rings. The highest BCUT2D eigenvalue weighted by Crippen LogP contribution is 2.33. The van der Waals surface area contributed by atoms with Gasteiger partial charge >= 0.3 is 5.97 Å². The van der Waals surface area contributed by atoms with Gasteiger partial charge in [-0.3, -0.25) is 4.79 Å². The van der Waals surface area contributed by atoms with Crippen LogP contribution in [0.4, 0.5) is 0 Å². The van der Waals surface area contributed by atoms with Crippen molar-refractivity contribution in [3.8, 4) is 0 Å². The number of epoxide rings is 1. The van der Waals surface area contributed by atoms with Gasteiger partial charge in [-0.05, 0) is 51.3 Å². The number of fused-ring (bicyclic) bond motifs is 2. The van der Waals surface area contributed by atoms with Crippen molar-refractivity contribution >= 4 is 11.8 Å². The van der Waals surface area contributed by atoms with Gasteiger partial charge in [0.2, 0.25) is 0 Å². The lowest BCUT2D eigenvalue weighted by molar-refractivity contribution is -0.146. The maximum absolute atomic E-state index is 13.1. The molecule has 0 spiro atoms. The highest BCUT2D eigenvalue weighted by Gasteiger charge is 2.41. The fourth-order valence-electron chi connectivity index (χ4n) is 4.73. The van der Waals surface area contributed by atoms with Crippen molar-refractivity contribution in [2.75, 3.05) is 7.11 Å². The lowest BCUT2D eigenvalue weighted by Gasteiger charge is -2.26. The molecule has 1 N–H and O–H groups in total. The van der Waals surface area contributed by atoms with E-state index in [9.17, 15) is 14.7 Å². The summed E-state index contributed by atoms with van der Waals surface area (Å²) in [6.07, 6.45) is 12.0.